The highest BCUT2D eigenvalue weighted by atomic mass is 16.5. The quantitative estimate of drug-likeness (QED) is 0.577. The zero-order valence-electron chi connectivity index (χ0n) is 12.6. The van der Waals surface area contributed by atoms with Crippen LogP contribution in [0.15, 0.2) is 59.7 Å². The Morgan fingerprint density at radius 2 is 1.78 bits per heavy atom. The molecule has 2 aromatic rings. The first-order chi connectivity index (χ1) is 11.2. The SMILES string of the molecule is C=CCOc1ccc(C(=O)NCCNC(=O)c2ccco2)cc1. The zero-order valence-corrected chi connectivity index (χ0v) is 12.6. The molecule has 23 heavy (non-hydrogen) atoms. The highest BCUT2D eigenvalue weighted by Gasteiger charge is 2.08. The standard InChI is InChI=1S/C17H18N2O4/c1-2-11-22-14-7-5-13(6-8-14)16(20)18-9-10-19-17(21)15-4-3-12-23-15/h2-8,12H,1,9-11H2,(H,18,20)(H,19,21). The molecule has 0 aliphatic heterocycles. The van der Waals surface area contributed by atoms with Crippen molar-refractivity contribution >= 4 is 11.8 Å². The zero-order chi connectivity index (χ0) is 16.5. The van der Waals surface area contributed by atoms with E-state index in [1.165, 1.54) is 6.26 Å². The number of carbonyl (C=O) groups excluding carboxylic acids is 2. The van der Waals surface area contributed by atoms with Gasteiger partial charge in [-0.25, -0.2) is 0 Å². The van der Waals surface area contributed by atoms with Crippen LogP contribution < -0.4 is 15.4 Å². The molecule has 0 bridgehead atoms. The number of ether oxygens (including phenoxy) is 1. The molecule has 0 unspecified atom stereocenters. The Hall–Kier alpha value is -3.02. The molecule has 0 saturated carbocycles. The molecule has 2 amide bonds. The molecule has 120 valence electrons. The summed E-state index contributed by atoms with van der Waals surface area (Å²) in [6.45, 7) is 4.62. The molecular formula is C17H18N2O4. The van der Waals surface area contributed by atoms with E-state index in [2.05, 4.69) is 17.2 Å². The topological polar surface area (TPSA) is 80.6 Å². The summed E-state index contributed by atoms with van der Waals surface area (Å²) < 4.78 is 10.3. The fourth-order valence-electron chi connectivity index (χ4n) is 1.81. The lowest BCUT2D eigenvalue weighted by Crippen LogP contribution is -2.34. The minimum absolute atomic E-state index is 0.215. The Balaban J connectivity index is 1.72. The van der Waals surface area contributed by atoms with Crippen LogP contribution in [-0.4, -0.2) is 31.5 Å². The maximum atomic E-state index is 11.9. The summed E-state index contributed by atoms with van der Waals surface area (Å²) in [5.74, 6) is 0.388. The normalized spacial score (nSPS) is 9.91. The van der Waals surface area contributed by atoms with E-state index in [1.807, 2.05) is 0 Å². The number of nitrogens with one attached hydrogen (secondary N) is 2. The van der Waals surface area contributed by atoms with Gasteiger partial charge in [0.05, 0.1) is 6.26 Å². The number of furan rings is 1. The van der Waals surface area contributed by atoms with Gasteiger partial charge in [0.2, 0.25) is 0 Å². The summed E-state index contributed by atoms with van der Waals surface area (Å²) in [4.78, 5) is 23.5. The molecule has 1 aromatic carbocycles. The minimum atomic E-state index is -0.312. The Bertz CT molecular complexity index is 648. The van der Waals surface area contributed by atoms with Crippen molar-refractivity contribution in [2.24, 2.45) is 0 Å². The molecule has 0 radical (unpaired) electrons. The second kappa shape index (κ2) is 8.43. The van der Waals surface area contributed by atoms with E-state index < -0.39 is 0 Å². The van der Waals surface area contributed by atoms with E-state index in [4.69, 9.17) is 9.15 Å². The third-order valence-corrected chi connectivity index (χ3v) is 2.93. The monoisotopic (exact) mass is 314 g/mol. The van der Waals surface area contributed by atoms with Gasteiger partial charge in [-0.2, -0.15) is 0 Å². The number of carbonyl (C=O) groups is 2. The van der Waals surface area contributed by atoms with E-state index in [9.17, 15) is 9.59 Å². The van der Waals surface area contributed by atoms with Crippen molar-refractivity contribution in [2.75, 3.05) is 19.7 Å². The van der Waals surface area contributed by atoms with Crippen LogP contribution in [-0.2, 0) is 0 Å². The van der Waals surface area contributed by atoms with E-state index in [-0.39, 0.29) is 17.6 Å². The lowest BCUT2D eigenvalue weighted by atomic mass is 10.2. The summed E-state index contributed by atoms with van der Waals surface area (Å²) >= 11 is 0. The first-order valence-electron chi connectivity index (χ1n) is 7.14. The van der Waals surface area contributed by atoms with Crippen LogP contribution in [0.2, 0.25) is 0 Å². The summed E-state index contributed by atoms with van der Waals surface area (Å²) in [5.41, 5.74) is 0.522. The molecule has 6 heteroatoms. The first-order valence-corrected chi connectivity index (χ1v) is 7.14. The Kier molecular flexibility index (Phi) is 5.99. The molecule has 0 fully saturated rings. The smallest absolute Gasteiger partial charge is 0.287 e. The van der Waals surface area contributed by atoms with Crippen molar-refractivity contribution in [3.05, 3.63) is 66.6 Å². The molecule has 0 aliphatic rings. The van der Waals surface area contributed by atoms with Crippen LogP contribution in [0.1, 0.15) is 20.9 Å². The summed E-state index contributed by atoms with van der Waals surface area (Å²) in [6, 6.07) is 10.0. The molecule has 0 spiro atoms. The number of amides is 2. The van der Waals surface area contributed by atoms with Crippen molar-refractivity contribution in [3.63, 3.8) is 0 Å². The van der Waals surface area contributed by atoms with Gasteiger partial charge in [-0.15, -0.1) is 0 Å². The van der Waals surface area contributed by atoms with E-state index >= 15 is 0 Å². The van der Waals surface area contributed by atoms with Gasteiger partial charge in [-0.1, -0.05) is 12.7 Å². The number of rotatable bonds is 8. The molecule has 0 atom stereocenters. The van der Waals surface area contributed by atoms with E-state index in [1.54, 1.807) is 42.5 Å². The molecule has 2 N–H and O–H groups in total. The molecule has 2 rings (SSSR count). The predicted octanol–water partition coefficient (Wildman–Crippen LogP) is 2.00. The molecule has 6 nitrogen and oxygen atoms in total. The number of benzene rings is 1. The molecule has 1 heterocycles. The van der Waals surface area contributed by atoms with Gasteiger partial charge in [-0.3, -0.25) is 9.59 Å². The van der Waals surface area contributed by atoms with Crippen LogP contribution >= 0.6 is 0 Å². The predicted molar refractivity (Wildman–Crippen MR) is 85.5 cm³/mol. The van der Waals surface area contributed by atoms with Gasteiger partial charge >= 0.3 is 0 Å². The van der Waals surface area contributed by atoms with Crippen LogP contribution in [0.25, 0.3) is 0 Å². The third kappa shape index (κ3) is 5.03. The van der Waals surface area contributed by atoms with Gasteiger partial charge in [0, 0.05) is 18.7 Å². The summed E-state index contributed by atoms with van der Waals surface area (Å²) in [5, 5.41) is 5.37. The van der Waals surface area contributed by atoms with Crippen LogP contribution in [0, 0.1) is 0 Å². The van der Waals surface area contributed by atoms with Crippen LogP contribution in [0.5, 0.6) is 5.75 Å². The van der Waals surface area contributed by atoms with Gasteiger partial charge < -0.3 is 19.8 Å². The van der Waals surface area contributed by atoms with Crippen molar-refractivity contribution in [2.45, 2.75) is 0 Å². The highest BCUT2D eigenvalue weighted by molar-refractivity contribution is 5.94. The summed E-state index contributed by atoms with van der Waals surface area (Å²) in [6.07, 6.45) is 3.08. The van der Waals surface area contributed by atoms with Crippen LogP contribution in [0.3, 0.4) is 0 Å². The van der Waals surface area contributed by atoms with E-state index in [0.29, 0.717) is 31.0 Å². The maximum Gasteiger partial charge on any atom is 0.287 e. The van der Waals surface area contributed by atoms with Gasteiger partial charge in [0.1, 0.15) is 12.4 Å². The lowest BCUT2D eigenvalue weighted by molar-refractivity contribution is 0.0910. The van der Waals surface area contributed by atoms with Gasteiger partial charge in [-0.05, 0) is 36.4 Å². The lowest BCUT2D eigenvalue weighted by Gasteiger charge is -2.07. The number of hydrogen-bond donors (Lipinski definition) is 2. The molecule has 0 aliphatic carbocycles. The average molecular weight is 314 g/mol. The maximum absolute atomic E-state index is 11.9. The molecule has 1 aromatic heterocycles. The second-order valence-corrected chi connectivity index (χ2v) is 4.61. The highest BCUT2D eigenvalue weighted by Crippen LogP contribution is 2.12. The second-order valence-electron chi connectivity index (χ2n) is 4.61. The van der Waals surface area contributed by atoms with Crippen LogP contribution in [0.4, 0.5) is 0 Å². The number of hydrogen-bond acceptors (Lipinski definition) is 4. The summed E-state index contributed by atoms with van der Waals surface area (Å²) in [7, 11) is 0. The Morgan fingerprint density at radius 3 is 2.39 bits per heavy atom. The minimum Gasteiger partial charge on any atom is -0.490 e. The molecule has 0 saturated heterocycles. The largest absolute Gasteiger partial charge is 0.490 e. The first kappa shape index (κ1) is 16.4. The average Bonchev–Trinajstić information content (AvgIpc) is 3.11. The van der Waals surface area contributed by atoms with Crippen molar-refractivity contribution in [3.8, 4) is 5.75 Å². The van der Waals surface area contributed by atoms with E-state index in [0.717, 1.165) is 0 Å². The Morgan fingerprint density at radius 1 is 1.09 bits per heavy atom. The van der Waals surface area contributed by atoms with Gasteiger partial charge in [0.25, 0.3) is 11.8 Å². The Labute approximate surface area is 134 Å². The molecular weight excluding hydrogens is 296 g/mol. The fourth-order valence-corrected chi connectivity index (χ4v) is 1.81. The van der Waals surface area contributed by atoms with Crippen molar-refractivity contribution in [1.29, 1.82) is 0 Å². The van der Waals surface area contributed by atoms with Crippen molar-refractivity contribution < 1.29 is 18.7 Å². The fraction of sp³-hybridized carbons (Fsp3) is 0.176. The third-order valence-electron chi connectivity index (χ3n) is 2.93. The van der Waals surface area contributed by atoms with Gasteiger partial charge in [0.15, 0.2) is 5.76 Å². The van der Waals surface area contributed by atoms with Crippen molar-refractivity contribution in [1.82, 2.24) is 10.6 Å².